The zero-order valence-corrected chi connectivity index (χ0v) is 15.3. The zero-order valence-electron chi connectivity index (χ0n) is 15.3. The summed E-state index contributed by atoms with van der Waals surface area (Å²) in [5.41, 5.74) is 2.26. The Balaban J connectivity index is 1.62. The Bertz CT molecular complexity index is 903. The van der Waals surface area contributed by atoms with Crippen LogP contribution in [0.2, 0.25) is 0 Å². The highest BCUT2D eigenvalue weighted by molar-refractivity contribution is 5.85. The van der Waals surface area contributed by atoms with Gasteiger partial charge >= 0.3 is 0 Å². The van der Waals surface area contributed by atoms with E-state index in [1.165, 1.54) is 5.56 Å². The molecule has 0 aliphatic rings. The maximum absolute atomic E-state index is 12.3. The van der Waals surface area contributed by atoms with E-state index < -0.39 is 6.10 Å². The third-order valence-electron chi connectivity index (χ3n) is 4.29. The molecule has 3 aromatic carbocycles. The number of nitrogens with one attached hydrogen (secondary N) is 1. The van der Waals surface area contributed by atoms with Gasteiger partial charge in [0.2, 0.25) is 0 Å². The predicted octanol–water partition coefficient (Wildman–Crippen LogP) is 4.24. The van der Waals surface area contributed by atoms with Crippen LogP contribution in [-0.4, -0.2) is 19.1 Å². The highest BCUT2D eigenvalue weighted by Crippen LogP contribution is 2.25. The molecule has 0 saturated carbocycles. The molecular weight excluding hydrogens is 326 g/mol. The second kappa shape index (κ2) is 7.91. The van der Waals surface area contributed by atoms with Crippen molar-refractivity contribution >= 4 is 16.7 Å². The van der Waals surface area contributed by atoms with Crippen LogP contribution in [-0.2, 0) is 11.3 Å². The fourth-order valence-corrected chi connectivity index (χ4v) is 2.70. The minimum absolute atomic E-state index is 0.142. The summed E-state index contributed by atoms with van der Waals surface area (Å²) in [4.78, 5) is 12.3. The van der Waals surface area contributed by atoms with Gasteiger partial charge in [-0.2, -0.15) is 0 Å². The van der Waals surface area contributed by atoms with Crippen molar-refractivity contribution in [2.24, 2.45) is 0 Å². The van der Waals surface area contributed by atoms with E-state index in [0.29, 0.717) is 12.3 Å². The Hall–Kier alpha value is -3.01. The number of benzene rings is 3. The lowest BCUT2D eigenvalue weighted by molar-refractivity contribution is -0.127. The van der Waals surface area contributed by atoms with Gasteiger partial charge in [-0.05, 0) is 54.4 Å². The van der Waals surface area contributed by atoms with E-state index in [0.717, 1.165) is 22.1 Å². The molecule has 1 atom stereocenters. The van der Waals surface area contributed by atoms with E-state index in [9.17, 15) is 4.79 Å². The molecular formula is C22H23NO3. The van der Waals surface area contributed by atoms with E-state index in [2.05, 4.69) is 5.32 Å². The van der Waals surface area contributed by atoms with Crippen LogP contribution in [0.1, 0.15) is 18.1 Å². The number of aryl methyl sites for hydroxylation is 1. The van der Waals surface area contributed by atoms with E-state index in [1.807, 2.05) is 67.6 Å². The Morgan fingerprint density at radius 3 is 2.31 bits per heavy atom. The number of fused-ring (bicyclic) bond motifs is 1. The number of carbonyl (C=O) groups is 1. The van der Waals surface area contributed by atoms with Gasteiger partial charge in [0.15, 0.2) is 6.10 Å². The molecule has 0 heterocycles. The molecule has 3 aromatic rings. The third kappa shape index (κ3) is 4.33. The summed E-state index contributed by atoms with van der Waals surface area (Å²) >= 11 is 0. The molecule has 0 aromatic heterocycles. The molecule has 134 valence electrons. The van der Waals surface area contributed by atoms with Crippen molar-refractivity contribution < 1.29 is 14.3 Å². The Labute approximate surface area is 153 Å². The number of carbonyl (C=O) groups excluding carboxylic acids is 1. The SMILES string of the molecule is COc1ccc2ccc(O[C@H](C)C(=O)NCc3ccc(C)cc3)cc2c1. The first-order chi connectivity index (χ1) is 12.5. The molecule has 0 radical (unpaired) electrons. The van der Waals surface area contributed by atoms with Gasteiger partial charge in [-0.15, -0.1) is 0 Å². The third-order valence-corrected chi connectivity index (χ3v) is 4.29. The predicted molar refractivity (Wildman–Crippen MR) is 104 cm³/mol. The summed E-state index contributed by atoms with van der Waals surface area (Å²) in [7, 11) is 1.64. The topological polar surface area (TPSA) is 47.6 Å². The van der Waals surface area contributed by atoms with Crippen LogP contribution < -0.4 is 14.8 Å². The van der Waals surface area contributed by atoms with Gasteiger partial charge in [-0.3, -0.25) is 4.79 Å². The lowest BCUT2D eigenvalue weighted by Gasteiger charge is -2.15. The van der Waals surface area contributed by atoms with Crippen LogP contribution in [0.4, 0.5) is 0 Å². The summed E-state index contributed by atoms with van der Waals surface area (Å²) in [5.74, 6) is 1.30. The van der Waals surface area contributed by atoms with Crippen molar-refractivity contribution in [3.8, 4) is 11.5 Å². The largest absolute Gasteiger partial charge is 0.497 e. The first-order valence-electron chi connectivity index (χ1n) is 8.63. The Morgan fingerprint density at radius 1 is 0.962 bits per heavy atom. The van der Waals surface area contributed by atoms with Crippen molar-refractivity contribution in [3.63, 3.8) is 0 Å². The minimum atomic E-state index is -0.580. The summed E-state index contributed by atoms with van der Waals surface area (Å²) in [6.07, 6.45) is -0.580. The van der Waals surface area contributed by atoms with Gasteiger partial charge < -0.3 is 14.8 Å². The van der Waals surface area contributed by atoms with E-state index in [-0.39, 0.29) is 5.91 Å². The fourth-order valence-electron chi connectivity index (χ4n) is 2.70. The van der Waals surface area contributed by atoms with Crippen LogP contribution in [0.15, 0.2) is 60.7 Å². The smallest absolute Gasteiger partial charge is 0.261 e. The average Bonchev–Trinajstić information content (AvgIpc) is 2.66. The van der Waals surface area contributed by atoms with E-state index in [4.69, 9.17) is 9.47 Å². The summed E-state index contributed by atoms with van der Waals surface area (Å²) in [6.45, 7) is 4.28. The number of ether oxygens (including phenoxy) is 2. The zero-order chi connectivity index (χ0) is 18.5. The van der Waals surface area contributed by atoms with Crippen LogP contribution in [0, 0.1) is 6.92 Å². The molecule has 0 aliphatic heterocycles. The standard InChI is InChI=1S/C22H23NO3/c1-15-4-6-17(7-5-15)14-23-22(24)16(2)26-21-11-9-18-8-10-20(25-3)12-19(18)13-21/h4-13,16H,14H2,1-3H3,(H,23,24)/t16-/m1/s1. The summed E-state index contributed by atoms with van der Waals surface area (Å²) in [5, 5.41) is 5.01. The quantitative estimate of drug-likeness (QED) is 0.724. The molecule has 1 N–H and O–H groups in total. The monoisotopic (exact) mass is 349 g/mol. The molecule has 0 fully saturated rings. The summed E-state index contributed by atoms with van der Waals surface area (Å²) in [6, 6.07) is 19.7. The first kappa shape index (κ1) is 17.8. The molecule has 0 unspecified atom stereocenters. The minimum Gasteiger partial charge on any atom is -0.497 e. The van der Waals surface area contributed by atoms with E-state index in [1.54, 1.807) is 14.0 Å². The van der Waals surface area contributed by atoms with Gasteiger partial charge in [0, 0.05) is 6.54 Å². The lowest BCUT2D eigenvalue weighted by atomic mass is 10.1. The molecule has 0 spiro atoms. The number of rotatable bonds is 6. The van der Waals surface area contributed by atoms with Gasteiger partial charge in [-0.25, -0.2) is 0 Å². The Morgan fingerprint density at radius 2 is 1.62 bits per heavy atom. The molecule has 0 saturated heterocycles. The molecule has 4 nitrogen and oxygen atoms in total. The normalized spacial score (nSPS) is 11.8. The van der Waals surface area contributed by atoms with Gasteiger partial charge in [0.05, 0.1) is 7.11 Å². The number of amides is 1. The molecule has 4 heteroatoms. The molecule has 26 heavy (non-hydrogen) atoms. The van der Waals surface area contributed by atoms with Crippen LogP contribution in [0.5, 0.6) is 11.5 Å². The van der Waals surface area contributed by atoms with Crippen molar-refractivity contribution in [2.45, 2.75) is 26.5 Å². The maximum atomic E-state index is 12.3. The molecule has 3 rings (SSSR count). The maximum Gasteiger partial charge on any atom is 0.261 e. The van der Waals surface area contributed by atoms with Crippen molar-refractivity contribution in [2.75, 3.05) is 7.11 Å². The number of methoxy groups -OCH3 is 1. The van der Waals surface area contributed by atoms with Crippen LogP contribution in [0.25, 0.3) is 10.8 Å². The lowest BCUT2D eigenvalue weighted by Crippen LogP contribution is -2.35. The Kier molecular flexibility index (Phi) is 5.42. The summed E-state index contributed by atoms with van der Waals surface area (Å²) < 4.78 is 11.1. The second-order valence-corrected chi connectivity index (χ2v) is 6.34. The highest BCUT2D eigenvalue weighted by atomic mass is 16.5. The van der Waals surface area contributed by atoms with E-state index >= 15 is 0 Å². The molecule has 0 aliphatic carbocycles. The van der Waals surface area contributed by atoms with Crippen LogP contribution >= 0.6 is 0 Å². The second-order valence-electron chi connectivity index (χ2n) is 6.34. The molecule has 1 amide bonds. The first-order valence-corrected chi connectivity index (χ1v) is 8.63. The van der Waals surface area contributed by atoms with Crippen molar-refractivity contribution in [1.29, 1.82) is 0 Å². The van der Waals surface area contributed by atoms with Gasteiger partial charge in [0.25, 0.3) is 5.91 Å². The number of hydrogen-bond donors (Lipinski definition) is 1. The van der Waals surface area contributed by atoms with Crippen molar-refractivity contribution in [1.82, 2.24) is 5.32 Å². The van der Waals surface area contributed by atoms with Gasteiger partial charge in [0.1, 0.15) is 11.5 Å². The van der Waals surface area contributed by atoms with Crippen molar-refractivity contribution in [3.05, 3.63) is 71.8 Å². The van der Waals surface area contributed by atoms with Gasteiger partial charge in [-0.1, -0.05) is 42.0 Å². The average molecular weight is 349 g/mol. The highest BCUT2D eigenvalue weighted by Gasteiger charge is 2.14. The van der Waals surface area contributed by atoms with Crippen LogP contribution in [0.3, 0.4) is 0 Å². The fraction of sp³-hybridized carbons (Fsp3) is 0.227. The number of hydrogen-bond acceptors (Lipinski definition) is 3. The molecule has 0 bridgehead atoms.